The molecule has 38 heavy (non-hydrogen) atoms. The normalized spacial score (nSPS) is 15.1. The van der Waals surface area contributed by atoms with E-state index >= 15 is 0 Å². The summed E-state index contributed by atoms with van der Waals surface area (Å²) in [4.78, 5) is 25.6. The fourth-order valence-electron chi connectivity index (χ4n) is 4.68. The van der Waals surface area contributed by atoms with Gasteiger partial charge in [-0.2, -0.15) is 0 Å². The molecule has 204 valence electrons. The number of hydrogen-bond acceptors (Lipinski definition) is 6. The van der Waals surface area contributed by atoms with Gasteiger partial charge in [-0.15, -0.1) is 0 Å². The molecule has 0 radical (unpaired) electrons. The van der Waals surface area contributed by atoms with Gasteiger partial charge < -0.3 is 20.1 Å². The predicted octanol–water partition coefficient (Wildman–Crippen LogP) is 6.97. The van der Waals surface area contributed by atoms with Gasteiger partial charge in [-0.1, -0.05) is 63.8 Å². The van der Waals surface area contributed by atoms with Crippen molar-refractivity contribution in [1.82, 2.24) is 0 Å². The minimum absolute atomic E-state index is 0.281. The second-order valence-electron chi connectivity index (χ2n) is 9.81. The summed E-state index contributed by atoms with van der Waals surface area (Å²) in [6, 6.07) is 16.0. The van der Waals surface area contributed by atoms with Gasteiger partial charge in [0, 0.05) is 23.5 Å². The van der Waals surface area contributed by atoms with Crippen LogP contribution in [0.25, 0.3) is 0 Å². The topological polar surface area (TPSA) is 76.7 Å². The van der Waals surface area contributed by atoms with Gasteiger partial charge in [0.05, 0.1) is 31.4 Å². The Morgan fingerprint density at radius 3 is 1.79 bits per heavy atom. The lowest BCUT2D eigenvalue weighted by atomic mass is 9.90. The lowest BCUT2D eigenvalue weighted by molar-refractivity contribution is -0.138. The van der Waals surface area contributed by atoms with E-state index in [9.17, 15) is 9.59 Å². The highest BCUT2D eigenvalue weighted by atomic mass is 16.5. The van der Waals surface area contributed by atoms with E-state index in [-0.39, 0.29) is 6.42 Å². The van der Waals surface area contributed by atoms with E-state index < -0.39 is 18.0 Å². The Kier molecular flexibility index (Phi) is 11.5. The molecule has 0 heterocycles. The zero-order valence-corrected chi connectivity index (χ0v) is 23.3. The predicted molar refractivity (Wildman–Crippen MR) is 154 cm³/mol. The first-order chi connectivity index (χ1) is 18.5. The van der Waals surface area contributed by atoms with E-state index in [4.69, 9.17) is 9.47 Å². The molecule has 2 N–H and O–H groups in total. The van der Waals surface area contributed by atoms with Crippen molar-refractivity contribution in [2.24, 2.45) is 0 Å². The molecule has 6 heteroatoms. The molecule has 0 saturated heterocycles. The van der Waals surface area contributed by atoms with Crippen molar-refractivity contribution in [2.75, 3.05) is 24.9 Å². The number of carbonyl (C=O) groups excluding carboxylic acids is 2. The van der Waals surface area contributed by atoms with Crippen molar-refractivity contribution >= 4 is 23.3 Å². The van der Waals surface area contributed by atoms with Crippen LogP contribution in [0.4, 0.5) is 11.4 Å². The van der Waals surface area contributed by atoms with Crippen LogP contribution in [0, 0.1) is 0 Å². The van der Waals surface area contributed by atoms with Crippen molar-refractivity contribution in [3.8, 4) is 0 Å². The Balaban J connectivity index is 1.81. The minimum Gasteiger partial charge on any atom is -0.466 e. The van der Waals surface area contributed by atoms with Crippen LogP contribution >= 0.6 is 0 Å². The van der Waals surface area contributed by atoms with Crippen LogP contribution in [0.1, 0.15) is 69.9 Å². The highest BCUT2D eigenvalue weighted by Crippen LogP contribution is 2.30. The summed E-state index contributed by atoms with van der Waals surface area (Å²) in [7, 11) is 2.74. The van der Waals surface area contributed by atoms with Gasteiger partial charge >= 0.3 is 11.9 Å². The van der Waals surface area contributed by atoms with Crippen LogP contribution in [-0.4, -0.2) is 32.2 Å². The number of ether oxygens (including phenoxy) is 2. The number of esters is 2. The fraction of sp³-hybridized carbons (Fsp3) is 0.438. The van der Waals surface area contributed by atoms with Crippen LogP contribution in [0.2, 0.25) is 0 Å². The maximum atomic E-state index is 12.8. The molecule has 1 aliphatic carbocycles. The molecule has 0 aliphatic heterocycles. The van der Waals surface area contributed by atoms with E-state index in [2.05, 4.69) is 48.7 Å². The average molecular weight is 519 g/mol. The van der Waals surface area contributed by atoms with Crippen LogP contribution < -0.4 is 10.6 Å². The van der Waals surface area contributed by atoms with Gasteiger partial charge in [0.25, 0.3) is 0 Å². The third-order valence-electron chi connectivity index (χ3n) is 6.93. The molecule has 0 fully saturated rings. The molecule has 0 amide bonds. The molecule has 3 rings (SSSR count). The lowest BCUT2D eigenvalue weighted by Crippen LogP contribution is -2.33. The lowest BCUT2D eigenvalue weighted by Gasteiger charge is -2.28. The molecule has 1 aliphatic rings. The number of carbonyl (C=O) groups is 2. The number of aryl methyl sites for hydroxylation is 2. The van der Waals surface area contributed by atoms with Crippen LogP contribution in [0.15, 0.2) is 71.5 Å². The Labute approximate surface area is 227 Å². The maximum Gasteiger partial charge on any atom is 0.335 e. The van der Waals surface area contributed by atoms with Crippen molar-refractivity contribution < 1.29 is 19.1 Å². The number of allylic oxidation sites excluding steroid dienone is 1. The van der Waals surface area contributed by atoms with Crippen molar-refractivity contribution in [3.63, 3.8) is 0 Å². The summed E-state index contributed by atoms with van der Waals surface area (Å²) in [5.74, 6) is -0.866. The minimum atomic E-state index is -0.437. The maximum absolute atomic E-state index is 12.8. The summed E-state index contributed by atoms with van der Waals surface area (Å²) in [6.45, 7) is 4.40. The van der Waals surface area contributed by atoms with E-state index in [1.807, 2.05) is 24.3 Å². The van der Waals surface area contributed by atoms with E-state index in [1.54, 1.807) is 6.08 Å². The number of rotatable bonds is 14. The third-order valence-corrected chi connectivity index (χ3v) is 6.93. The van der Waals surface area contributed by atoms with Crippen LogP contribution in [0.5, 0.6) is 0 Å². The van der Waals surface area contributed by atoms with Gasteiger partial charge in [-0.05, 0) is 67.2 Å². The van der Waals surface area contributed by atoms with E-state index in [0.29, 0.717) is 16.8 Å². The molecule has 2 aromatic carbocycles. The molecule has 1 atom stereocenters. The van der Waals surface area contributed by atoms with Crippen molar-refractivity contribution in [3.05, 3.63) is 82.6 Å². The Bertz CT molecular complexity index is 1120. The molecular formula is C32H42N2O4. The Morgan fingerprint density at radius 1 is 0.763 bits per heavy atom. The van der Waals surface area contributed by atoms with Crippen LogP contribution in [-0.2, 0) is 31.9 Å². The number of anilines is 2. The SMILES string of the molecule is CCCCCc1ccc(NC2=C(C(=O)OC)CC(Nc3ccc(CCCCC)cc3)C(C(=O)OC)=C2)cc1. The molecule has 2 aromatic rings. The zero-order valence-electron chi connectivity index (χ0n) is 23.3. The largest absolute Gasteiger partial charge is 0.466 e. The molecule has 0 aromatic heterocycles. The van der Waals surface area contributed by atoms with Gasteiger partial charge in [-0.3, -0.25) is 0 Å². The third kappa shape index (κ3) is 8.23. The fourth-order valence-corrected chi connectivity index (χ4v) is 4.68. The quantitative estimate of drug-likeness (QED) is 0.208. The number of unbranched alkanes of at least 4 members (excludes halogenated alkanes) is 4. The first-order valence-corrected chi connectivity index (χ1v) is 13.8. The van der Waals surface area contributed by atoms with Crippen LogP contribution in [0.3, 0.4) is 0 Å². The molecule has 1 unspecified atom stereocenters. The highest BCUT2D eigenvalue weighted by molar-refractivity contribution is 5.97. The van der Waals surface area contributed by atoms with E-state index in [0.717, 1.165) is 24.2 Å². The molecule has 0 saturated carbocycles. The number of hydrogen-bond donors (Lipinski definition) is 2. The first-order valence-electron chi connectivity index (χ1n) is 13.8. The second-order valence-corrected chi connectivity index (χ2v) is 9.81. The summed E-state index contributed by atoms with van der Waals surface area (Å²) in [5.41, 5.74) is 5.75. The second kappa shape index (κ2) is 15.0. The Hall–Kier alpha value is -3.54. The average Bonchev–Trinajstić information content (AvgIpc) is 2.94. The summed E-state index contributed by atoms with van der Waals surface area (Å²) < 4.78 is 10.2. The van der Waals surface area contributed by atoms with Gasteiger partial charge in [0.15, 0.2) is 0 Å². The standard InChI is InChI=1S/C32H42N2O4/c1-5-7-9-11-23-13-17-25(18-14-23)33-29-21-28(32(36)38-4)30(22-27(29)31(35)37-3)34-26-19-15-24(16-20-26)12-10-8-6-2/h13-21,30,33-34H,5-12,22H2,1-4H3. The monoisotopic (exact) mass is 518 g/mol. The summed E-state index contributed by atoms with van der Waals surface area (Å²) in [6.07, 6.45) is 11.2. The Morgan fingerprint density at radius 2 is 1.29 bits per heavy atom. The number of methoxy groups -OCH3 is 2. The van der Waals surface area contributed by atoms with Gasteiger partial charge in [0.1, 0.15) is 0 Å². The zero-order chi connectivity index (χ0) is 27.3. The van der Waals surface area contributed by atoms with Gasteiger partial charge in [0.2, 0.25) is 0 Å². The van der Waals surface area contributed by atoms with Gasteiger partial charge in [-0.25, -0.2) is 9.59 Å². The molecular weight excluding hydrogens is 476 g/mol. The molecule has 0 spiro atoms. The van der Waals surface area contributed by atoms with E-state index in [1.165, 1.54) is 63.9 Å². The number of benzene rings is 2. The summed E-state index contributed by atoms with van der Waals surface area (Å²) in [5, 5.41) is 6.76. The number of nitrogens with one attached hydrogen (secondary N) is 2. The van der Waals surface area contributed by atoms with Crippen molar-refractivity contribution in [2.45, 2.75) is 77.7 Å². The summed E-state index contributed by atoms with van der Waals surface area (Å²) >= 11 is 0. The first kappa shape index (κ1) is 29.0. The molecule has 0 bridgehead atoms. The highest BCUT2D eigenvalue weighted by Gasteiger charge is 2.32. The smallest absolute Gasteiger partial charge is 0.335 e. The molecule has 6 nitrogen and oxygen atoms in total. The van der Waals surface area contributed by atoms with Crippen molar-refractivity contribution in [1.29, 1.82) is 0 Å².